The van der Waals surface area contributed by atoms with Gasteiger partial charge in [-0.3, -0.25) is 0 Å². The smallest absolute Gasteiger partial charge is 0.0106 e. The molecule has 0 aromatic heterocycles. The molecule has 0 atom stereocenters. The van der Waals surface area contributed by atoms with E-state index in [1.165, 1.54) is 23.1 Å². The zero-order valence-electron chi connectivity index (χ0n) is 9.75. The van der Waals surface area contributed by atoms with Crippen molar-refractivity contribution in [1.29, 1.82) is 0 Å². The van der Waals surface area contributed by atoms with Crippen LogP contribution < -0.4 is 0 Å². The highest BCUT2D eigenvalue weighted by atomic mass is 14.2. The third-order valence-electron chi connectivity index (χ3n) is 3.44. The molecule has 2 aliphatic rings. The Balaban J connectivity index is 2.51. The lowest BCUT2D eigenvalue weighted by atomic mass is 9.83. The molecule has 2 rings (SSSR count). The Morgan fingerprint density at radius 1 is 0.867 bits per heavy atom. The van der Waals surface area contributed by atoms with Crippen LogP contribution in [0.1, 0.15) is 32.8 Å². The zero-order chi connectivity index (χ0) is 10.9. The summed E-state index contributed by atoms with van der Waals surface area (Å²) in [7, 11) is 0. The Hall–Kier alpha value is -1.30. The Bertz CT molecular complexity index is 395. The fourth-order valence-corrected chi connectivity index (χ4v) is 1.82. The van der Waals surface area contributed by atoms with E-state index in [1.807, 2.05) is 0 Å². The molecule has 2 aliphatic carbocycles. The molecule has 0 aliphatic heterocycles. The summed E-state index contributed by atoms with van der Waals surface area (Å²) in [6.07, 6.45) is 1.17. The lowest BCUT2D eigenvalue weighted by Crippen LogP contribution is -2.14. The molecule has 0 unspecified atom stereocenters. The maximum absolute atomic E-state index is 2.30. The van der Waals surface area contributed by atoms with Gasteiger partial charge in [0.25, 0.3) is 0 Å². The fraction of sp³-hybridized carbons (Fsp3) is 0.333. The summed E-state index contributed by atoms with van der Waals surface area (Å²) >= 11 is 0. The SMILES string of the molecule is CCC(C)(C)c1ccc2cccc-2cc1. The first-order chi connectivity index (χ1) is 7.13. The molecule has 78 valence electrons. The van der Waals surface area contributed by atoms with Crippen molar-refractivity contribution < 1.29 is 0 Å². The van der Waals surface area contributed by atoms with E-state index in [-0.39, 0.29) is 5.41 Å². The molecule has 0 heteroatoms. The van der Waals surface area contributed by atoms with E-state index in [0.29, 0.717) is 0 Å². The predicted octanol–water partition coefficient (Wildman–Crippen LogP) is 4.48. The van der Waals surface area contributed by atoms with Crippen LogP contribution in [-0.4, -0.2) is 0 Å². The van der Waals surface area contributed by atoms with Gasteiger partial charge < -0.3 is 0 Å². The molecule has 0 saturated heterocycles. The highest BCUT2D eigenvalue weighted by molar-refractivity contribution is 5.66. The second-order valence-corrected chi connectivity index (χ2v) is 4.80. The molecule has 0 amide bonds. The highest BCUT2D eigenvalue weighted by Crippen LogP contribution is 2.29. The summed E-state index contributed by atoms with van der Waals surface area (Å²) in [5.74, 6) is 0. The molecule has 0 heterocycles. The maximum Gasteiger partial charge on any atom is -0.0106 e. The quantitative estimate of drug-likeness (QED) is 0.667. The van der Waals surface area contributed by atoms with E-state index in [4.69, 9.17) is 0 Å². The average Bonchev–Trinajstić information content (AvgIpc) is 2.57. The molecular weight excluding hydrogens is 180 g/mol. The summed E-state index contributed by atoms with van der Waals surface area (Å²) in [5.41, 5.74) is 4.35. The molecule has 0 spiro atoms. The van der Waals surface area contributed by atoms with Gasteiger partial charge in [-0.1, -0.05) is 63.2 Å². The van der Waals surface area contributed by atoms with E-state index < -0.39 is 0 Å². The standard InChI is InChI=1S/C15H18/c1-4-15(2,3)14-10-8-12-6-5-7-13(12)9-11-14/h5-11H,4H2,1-3H3. The third-order valence-corrected chi connectivity index (χ3v) is 3.44. The Morgan fingerprint density at radius 2 is 1.40 bits per heavy atom. The van der Waals surface area contributed by atoms with Crippen LogP contribution in [0.25, 0.3) is 11.1 Å². The molecule has 0 radical (unpaired) electrons. The topological polar surface area (TPSA) is 0 Å². The van der Waals surface area contributed by atoms with Crippen LogP contribution in [0.4, 0.5) is 0 Å². The average molecular weight is 198 g/mol. The van der Waals surface area contributed by atoms with Crippen LogP contribution in [0.5, 0.6) is 0 Å². The second-order valence-electron chi connectivity index (χ2n) is 4.80. The largest absolute Gasteiger partial charge is 0.0646 e. The summed E-state index contributed by atoms with van der Waals surface area (Å²) in [6.45, 7) is 6.84. The number of fused-ring (bicyclic) bond motifs is 1. The van der Waals surface area contributed by atoms with Crippen molar-refractivity contribution in [3.8, 4) is 11.1 Å². The van der Waals surface area contributed by atoms with Gasteiger partial charge in [0, 0.05) is 0 Å². The lowest BCUT2D eigenvalue weighted by Gasteiger charge is -2.22. The van der Waals surface area contributed by atoms with Gasteiger partial charge in [0.1, 0.15) is 0 Å². The van der Waals surface area contributed by atoms with Gasteiger partial charge in [0.2, 0.25) is 0 Å². The van der Waals surface area contributed by atoms with Gasteiger partial charge in [0.15, 0.2) is 0 Å². The van der Waals surface area contributed by atoms with Gasteiger partial charge >= 0.3 is 0 Å². The Labute approximate surface area is 92.3 Å². The molecular formula is C15H18. The molecule has 0 N–H and O–H groups in total. The van der Waals surface area contributed by atoms with E-state index in [9.17, 15) is 0 Å². The Kier molecular flexibility index (Phi) is 2.52. The van der Waals surface area contributed by atoms with Crippen LogP contribution >= 0.6 is 0 Å². The van der Waals surface area contributed by atoms with Gasteiger partial charge in [0.05, 0.1) is 0 Å². The van der Waals surface area contributed by atoms with E-state index >= 15 is 0 Å². The molecule has 0 aromatic carbocycles. The van der Waals surface area contributed by atoms with Crippen molar-refractivity contribution in [2.24, 2.45) is 0 Å². The third kappa shape index (κ3) is 1.90. The second kappa shape index (κ2) is 3.69. The van der Waals surface area contributed by atoms with Gasteiger partial charge in [-0.05, 0) is 28.5 Å². The number of hydrogen-bond acceptors (Lipinski definition) is 0. The molecule has 0 bridgehead atoms. The van der Waals surface area contributed by atoms with Gasteiger partial charge in [-0.15, -0.1) is 0 Å². The highest BCUT2D eigenvalue weighted by Gasteiger charge is 2.17. The van der Waals surface area contributed by atoms with Gasteiger partial charge in [-0.25, -0.2) is 0 Å². The van der Waals surface area contributed by atoms with E-state index in [1.54, 1.807) is 0 Å². The van der Waals surface area contributed by atoms with E-state index in [2.05, 4.69) is 63.2 Å². The van der Waals surface area contributed by atoms with Crippen molar-refractivity contribution in [2.75, 3.05) is 0 Å². The van der Waals surface area contributed by atoms with Crippen LogP contribution in [0.2, 0.25) is 0 Å². The summed E-state index contributed by atoms with van der Waals surface area (Å²) in [6, 6.07) is 15.4. The van der Waals surface area contributed by atoms with Crippen LogP contribution in [0, 0.1) is 0 Å². The molecule has 0 aromatic rings. The Morgan fingerprint density at radius 3 is 1.87 bits per heavy atom. The molecule has 0 saturated carbocycles. The van der Waals surface area contributed by atoms with Crippen molar-refractivity contribution in [3.05, 3.63) is 48.0 Å². The van der Waals surface area contributed by atoms with Crippen molar-refractivity contribution in [1.82, 2.24) is 0 Å². The van der Waals surface area contributed by atoms with Crippen molar-refractivity contribution in [2.45, 2.75) is 32.6 Å². The minimum Gasteiger partial charge on any atom is -0.0646 e. The predicted molar refractivity (Wildman–Crippen MR) is 66.4 cm³/mol. The van der Waals surface area contributed by atoms with Crippen LogP contribution in [0.3, 0.4) is 0 Å². The monoisotopic (exact) mass is 198 g/mol. The maximum atomic E-state index is 2.30. The van der Waals surface area contributed by atoms with Crippen LogP contribution in [0.15, 0.2) is 42.5 Å². The minimum absolute atomic E-state index is 0.274. The number of hydrogen-bond donors (Lipinski definition) is 0. The summed E-state index contributed by atoms with van der Waals surface area (Å²) < 4.78 is 0. The normalized spacial score (nSPS) is 11.9. The first-order valence-corrected chi connectivity index (χ1v) is 5.63. The first kappa shape index (κ1) is 10.2. The lowest BCUT2D eigenvalue weighted by molar-refractivity contribution is 0.507. The molecule has 0 fully saturated rings. The van der Waals surface area contributed by atoms with E-state index in [0.717, 1.165) is 0 Å². The summed E-state index contributed by atoms with van der Waals surface area (Å²) in [4.78, 5) is 0. The first-order valence-electron chi connectivity index (χ1n) is 5.63. The fourth-order valence-electron chi connectivity index (χ4n) is 1.82. The van der Waals surface area contributed by atoms with Crippen molar-refractivity contribution >= 4 is 0 Å². The summed E-state index contributed by atoms with van der Waals surface area (Å²) in [5, 5.41) is 0. The molecule has 0 nitrogen and oxygen atoms in total. The number of rotatable bonds is 2. The zero-order valence-corrected chi connectivity index (χ0v) is 9.75. The van der Waals surface area contributed by atoms with Crippen LogP contribution in [-0.2, 0) is 5.41 Å². The van der Waals surface area contributed by atoms with Gasteiger partial charge in [-0.2, -0.15) is 0 Å². The van der Waals surface area contributed by atoms with Crippen molar-refractivity contribution in [3.63, 3.8) is 0 Å². The minimum atomic E-state index is 0.274. The molecule has 15 heavy (non-hydrogen) atoms.